The number of nitrogens with zero attached hydrogens (tertiary/aromatic N) is 3. The summed E-state index contributed by atoms with van der Waals surface area (Å²) < 4.78 is 63.3. The predicted octanol–water partition coefficient (Wildman–Crippen LogP) is 1.30. The van der Waals surface area contributed by atoms with E-state index in [0.717, 1.165) is 18.4 Å². The molecular formula is C18H14F3N5O3S. The van der Waals surface area contributed by atoms with Crippen molar-refractivity contribution in [1.82, 2.24) is 20.2 Å². The van der Waals surface area contributed by atoms with E-state index in [1.54, 1.807) is 0 Å². The number of quaternary nitrogens is 1. The molecule has 8 nitrogen and oxygen atoms in total. The molecule has 0 saturated carbocycles. The summed E-state index contributed by atoms with van der Waals surface area (Å²) in [7, 11) is -3.72. The average Bonchev–Trinajstić information content (AvgIpc) is 3.05. The van der Waals surface area contributed by atoms with Crippen molar-refractivity contribution in [2.24, 2.45) is 0 Å². The van der Waals surface area contributed by atoms with Gasteiger partial charge in [0.2, 0.25) is 15.0 Å². The number of halogens is 3. The van der Waals surface area contributed by atoms with Crippen LogP contribution in [0.4, 0.5) is 13.2 Å². The van der Waals surface area contributed by atoms with Gasteiger partial charge >= 0.3 is 6.18 Å². The lowest BCUT2D eigenvalue weighted by atomic mass is 10.1. The van der Waals surface area contributed by atoms with Gasteiger partial charge in [-0.15, -0.1) is 0 Å². The minimum atomic E-state index is -4.55. The molecule has 0 amide bonds. The monoisotopic (exact) mass is 437 g/mol. The van der Waals surface area contributed by atoms with Crippen LogP contribution in [0.15, 0.2) is 66.1 Å². The van der Waals surface area contributed by atoms with Crippen LogP contribution in [0.5, 0.6) is 0 Å². The summed E-state index contributed by atoms with van der Waals surface area (Å²) in [6.45, 7) is 0. The van der Waals surface area contributed by atoms with Gasteiger partial charge in [-0.2, -0.15) is 13.2 Å². The molecule has 12 heteroatoms. The minimum absolute atomic E-state index is 0.160. The predicted molar refractivity (Wildman–Crippen MR) is 99.9 cm³/mol. The fourth-order valence-corrected chi connectivity index (χ4v) is 3.56. The molecule has 1 aromatic carbocycles. The number of rotatable bonds is 3. The van der Waals surface area contributed by atoms with Gasteiger partial charge in [-0.25, -0.2) is 18.4 Å². The Morgan fingerprint density at radius 2 is 2.00 bits per heavy atom. The molecule has 30 heavy (non-hydrogen) atoms. The third-order valence-corrected chi connectivity index (χ3v) is 5.20. The van der Waals surface area contributed by atoms with Crippen LogP contribution in [0.25, 0.3) is 11.4 Å². The lowest BCUT2D eigenvalue weighted by molar-refractivity contribution is -0.732. The highest BCUT2D eigenvalue weighted by Gasteiger charge is 2.34. The van der Waals surface area contributed by atoms with E-state index in [2.05, 4.69) is 15.3 Å². The normalized spacial score (nSPS) is 18.9. The zero-order chi connectivity index (χ0) is 21.7. The second kappa shape index (κ2) is 6.93. The fraction of sp³-hybridized carbons (Fsp3) is 0.111. The molecule has 0 spiro atoms. The van der Waals surface area contributed by atoms with E-state index < -0.39 is 26.7 Å². The van der Waals surface area contributed by atoms with Gasteiger partial charge in [0.05, 0.1) is 28.9 Å². The molecule has 2 aliphatic heterocycles. The van der Waals surface area contributed by atoms with Gasteiger partial charge in [0.1, 0.15) is 12.4 Å². The molecule has 2 N–H and O–H groups in total. The van der Waals surface area contributed by atoms with Crippen LogP contribution < -0.4 is 10.4 Å². The summed E-state index contributed by atoms with van der Waals surface area (Å²) in [4.78, 5) is 9.34. The highest BCUT2D eigenvalue weighted by molar-refractivity contribution is 7.90. The van der Waals surface area contributed by atoms with Crippen LogP contribution in [0.3, 0.4) is 0 Å². The van der Waals surface area contributed by atoms with E-state index in [1.165, 1.54) is 47.9 Å². The standard InChI is InChI=1S/C18H14F3N5O3S/c1-30(28,29)17-22-6-5-13(23-17)16-15(24-14-10-25(27)7-8-26(14)16)11-3-2-4-12(9-11)18(19,20)21/h2-10,24-25H,1H3. The first kappa shape index (κ1) is 20.1. The molecule has 0 radical (unpaired) electrons. The maximum Gasteiger partial charge on any atom is 0.416 e. The van der Waals surface area contributed by atoms with Crippen LogP contribution in [0.2, 0.25) is 0 Å². The van der Waals surface area contributed by atoms with Gasteiger partial charge in [0.25, 0.3) is 0 Å². The molecule has 0 bridgehead atoms. The molecule has 4 rings (SSSR count). The van der Waals surface area contributed by atoms with Crippen molar-refractivity contribution in [2.75, 3.05) is 6.26 Å². The SMILES string of the molecule is CS(=O)(=O)c1nccc(C2=C(c3cccc(C(F)(F)F)c3)NC3=C[NH+]([O-])C=CN32)n1. The van der Waals surface area contributed by atoms with E-state index in [9.17, 15) is 26.8 Å². The van der Waals surface area contributed by atoms with Crippen molar-refractivity contribution in [3.05, 3.63) is 83.0 Å². The fourth-order valence-electron chi connectivity index (χ4n) is 3.04. The maximum absolute atomic E-state index is 13.2. The zero-order valence-corrected chi connectivity index (χ0v) is 16.1. The zero-order valence-electron chi connectivity index (χ0n) is 15.3. The molecule has 0 fully saturated rings. The summed E-state index contributed by atoms with van der Waals surface area (Å²) in [5.41, 5.74) is 0.0309. The molecule has 2 aliphatic rings. The first-order valence-corrected chi connectivity index (χ1v) is 10.4. The van der Waals surface area contributed by atoms with Gasteiger partial charge in [-0.1, -0.05) is 12.1 Å². The summed E-state index contributed by atoms with van der Waals surface area (Å²) in [5.74, 6) is 0.310. The average molecular weight is 437 g/mol. The number of benzene rings is 1. The Morgan fingerprint density at radius 3 is 2.70 bits per heavy atom. The Morgan fingerprint density at radius 1 is 1.23 bits per heavy atom. The topological polar surface area (TPSA) is 103 Å². The summed E-state index contributed by atoms with van der Waals surface area (Å²) >= 11 is 0. The van der Waals surface area contributed by atoms with Crippen molar-refractivity contribution in [3.8, 4) is 0 Å². The number of fused-ring (bicyclic) bond motifs is 1. The van der Waals surface area contributed by atoms with E-state index in [1.807, 2.05) is 0 Å². The number of hydrogen-bond donors (Lipinski definition) is 2. The van der Waals surface area contributed by atoms with Gasteiger partial charge in [0.15, 0.2) is 5.82 Å². The Bertz CT molecular complexity index is 1220. The Hall–Kier alpha value is -3.22. The maximum atomic E-state index is 13.2. The highest BCUT2D eigenvalue weighted by atomic mass is 32.2. The van der Waals surface area contributed by atoms with Crippen molar-refractivity contribution < 1.29 is 26.7 Å². The molecule has 1 unspecified atom stereocenters. The van der Waals surface area contributed by atoms with E-state index >= 15 is 0 Å². The van der Waals surface area contributed by atoms with Gasteiger partial charge < -0.3 is 15.6 Å². The summed E-state index contributed by atoms with van der Waals surface area (Å²) in [5, 5.41) is 14.0. The number of sulfone groups is 1. The minimum Gasteiger partial charge on any atom is -0.624 e. The Balaban J connectivity index is 1.93. The van der Waals surface area contributed by atoms with Crippen molar-refractivity contribution in [3.63, 3.8) is 0 Å². The Kier molecular flexibility index (Phi) is 4.64. The first-order valence-electron chi connectivity index (χ1n) is 8.49. The van der Waals surface area contributed by atoms with E-state index in [-0.39, 0.29) is 27.7 Å². The number of hydrogen-bond acceptors (Lipinski definition) is 7. The van der Waals surface area contributed by atoms with E-state index in [4.69, 9.17) is 0 Å². The molecule has 1 atom stereocenters. The van der Waals surface area contributed by atoms with Crippen molar-refractivity contribution >= 4 is 21.2 Å². The number of aromatic nitrogens is 2. The lowest BCUT2D eigenvalue weighted by Crippen LogP contribution is -2.98. The first-order chi connectivity index (χ1) is 14.0. The molecular weight excluding hydrogens is 423 g/mol. The second-order valence-corrected chi connectivity index (χ2v) is 8.45. The Labute approximate surface area is 169 Å². The third kappa shape index (κ3) is 3.67. The summed E-state index contributed by atoms with van der Waals surface area (Å²) in [6.07, 6.45) is 1.64. The molecule has 156 valence electrons. The molecule has 0 saturated heterocycles. The van der Waals surface area contributed by atoms with Gasteiger partial charge in [-0.05, 0) is 18.2 Å². The van der Waals surface area contributed by atoms with Crippen molar-refractivity contribution in [2.45, 2.75) is 11.3 Å². The van der Waals surface area contributed by atoms with Crippen LogP contribution in [-0.2, 0) is 16.0 Å². The second-order valence-electron chi connectivity index (χ2n) is 6.54. The molecule has 3 heterocycles. The lowest BCUT2D eigenvalue weighted by Gasteiger charge is -2.24. The molecule has 1 aromatic heterocycles. The number of nitrogens with one attached hydrogen (secondary N) is 2. The molecule has 2 aromatic rings. The largest absolute Gasteiger partial charge is 0.624 e. The van der Waals surface area contributed by atoms with Crippen LogP contribution in [0, 0.1) is 5.21 Å². The quantitative estimate of drug-likeness (QED) is 0.551. The van der Waals surface area contributed by atoms with E-state index in [0.29, 0.717) is 5.82 Å². The smallest absolute Gasteiger partial charge is 0.416 e. The van der Waals surface area contributed by atoms with Gasteiger partial charge in [-0.3, -0.25) is 4.90 Å². The molecule has 0 aliphatic carbocycles. The van der Waals surface area contributed by atoms with Crippen LogP contribution >= 0.6 is 0 Å². The summed E-state index contributed by atoms with van der Waals surface area (Å²) in [6, 6.07) is 6.08. The third-order valence-electron chi connectivity index (χ3n) is 4.34. The van der Waals surface area contributed by atoms with Gasteiger partial charge in [0, 0.05) is 18.0 Å². The van der Waals surface area contributed by atoms with Crippen LogP contribution in [-0.4, -0.2) is 29.5 Å². The number of alkyl halides is 3. The number of hydroxylamine groups is 2. The van der Waals surface area contributed by atoms with Crippen molar-refractivity contribution in [1.29, 1.82) is 0 Å². The van der Waals surface area contributed by atoms with Crippen LogP contribution in [0.1, 0.15) is 16.8 Å². The highest BCUT2D eigenvalue weighted by Crippen LogP contribution is 2.38.